The molecule has 2 amide bonds. The van der Waals surface area contributed by atoms with Crippen molar-refractivity contribution in [1.82, 2.24) is 4.90 Å². The van der Waals surface area contributed by atoms with Gasteiger partial charge in [-0.3, -0.25) is 9.59 Å². The highest BCUT2D eigenvalue weighted by Crippen LogP contribution is 2.26. The fourth-order valence-corrected chi connectivity index (χ4v) is 3.15. The Bertz CT molecular complexity index is 583. The number of likely N-dealkylation sites (tertiary alicyclic amines) is 1. The molecule has 2 unspecified atom stereocenters. The first-order chi connectivity index (χ1) is 10.0. The molecule has 1 fully saturated rings. The molecular weight excluding hydrogens is 266 g/mol. The molecule has 2 atom stereocenters. The van der Waals surface area contributed by atoms with Crippen LogP contribution in [0.2, 0.25) is 0 Å². The van der Waals surface area contributed by atoms with Crippen LogP contribution in [0.25, 0.3) is 0 Å². The second-order valence-corrected chi connectivity index (χ2v) is 6.11. The second-order valence-electron chi connectivity index (χ2n) is 6.11. The Morgan fingerprint density at radius 2 is 2.29 bits per heavy atom. The molecule has 2 aliphatic rings. The van der Waals surface area contributed by atoms with Crippen LogP contribution < -0.4 is 11.1 Å². The summed E-state index contributed by atoms with van der Waals surface area (Å²) >= 11 is 0. The standard InChI is InChI=1S/C16H21N3O2/c1-10(17)13-3-2-6-19(9-13)16(21)12-5-4-11-8-15(20)18-14(11)7-12/h4-5,7,10,13H,2-3,6,8-9,17H2,1H3,(H,18,20). The van der Waals surface area contributed by atoms with Crippen molar-refractivity contribution in [2.75, 3.05) is 18.4 Å². The van der Waals surface area contributed by atoms with E-state index in [4.69, 9.17) is 5.73 Å². The first-order valence-corrected chi connectivity index (χ1v) is 7.52. The highest BCUT2D eigenvalue weighted by Gasteiger charge is 2.27. The molecule has 0 spiro atoms. The Morgan fingerprint density at radius 1 is 1.48 bits per heavy atom. The highest BCUT2D eigenvalue weighted by atomic mass is 16.2. The minimum absolute atomic E-state index is 0.00964. The molecule has 0 aliphatic carbocycles. The van der Waals surface area contributed by atoms with Crippen LogP contribution in [-0.2, 0) is 11.2 Å². The van der Waals surface area contributed by atoms with Crippen LogP contribution in [-0.4, -0.2) is 35.8 Å². The summed E-state index contributed by atoms with van der Waals surface area (Å²) in [5, 5.41) is 2.79. The van der Waals surface area contributed by atoms with Crippen molar-refractivity contribution < 1.29 is 9.59 Å². The smallest absolute Gasteiger partial charge is 0.253 e. The molecule has 0 aromatic heterocycles. The highest BCUT2D eigenvalue weighted by molar-refractivity contribution is 6.02. The zero-order chi connectivity index (χ0) is 15.0. The molecule has 3 rings (SSSR count). The Hall–Kier alpha value is -1.88. The minimum atomic E-state index is -0.00964. The van der Waals surface area contributed by atoms with Crippen molar-refractivity contribution in [3.8, 4) is 0 Å². The van der Waals surface area contributed by atoms with Crippen molar-refractivity contribution >= 4 is 17.5 Å². The van der Waals surface area contributed by atoms with Gasteiger partial charge < -0.3 is 16.0 Å². The number of rotatable bonds is 2. The Balaban J connectivity index is 1.76. The van der Waals surface area contributed by atoms with Crippen LogP contribution in [0.5, 0.6) is 0 Å². The third kappa shape index (κ3) is 2.78. The van der Waals surface area contributed by atoms with E-state index in [1.807, 2.05) is 24.0 Å². The number of carbonyl (C=O) groups excluding carboxylic acids is 2. The molecule has 2 heterocycles. The SMILES string of the molecule is CC(N)C1CCCN(C(=O)c2ccc3c(c2)NC(=O)C3)C1. The monoisotopic (exact) mass is 287 g/mol. The first kappa shape index (κ1) is 14.1. The average Bonchev–Trinajstić information content (AvgIpc) is 2.85. The zero-order valence-corrected chi connectivity index (χ0v) is 12.3. The number of amides is 2. The van der Waals surface area contributed by atoms with E-state index >= 15 is 0 Å². The van der Waals surface area contributed by atoms with E-state index in [1.165, 1.54) is 0 Å². The van der Waals surface area contributed by atoms with Gasteiger partial charge in [-0.05, 0) is 43.4 Å². The lowest BCUT2D eigenvalue weighted by molar-refractivity contribution is -0.115. The molecule has 112 valence electrons. The summed E-state index contributed by atoms with van der Waals surface area (Å²) in [6.07, 6.45) is 2.49. The van der Waals surface area contributed by atoms with E-state index in [2.05, 4.69) is 5.32 Å². The van der Waals surface area contributed by atoms with Crippen molar-refractivity contribution in [3.05, 3.63) is 29.3 Å². The van der Waals surface area contributed by atoms with Crippen molar-refractivity contribution in [2.24, 2.45) is 11.7 Å². The Morgan fingerprint density at radius 3 is 3.05 bits per heavy atom. The lowest BCUT2D eigenvalue weighted by Gasteiger charge is -2.34. The molecule has 5 nitrogen and oxygen atoms in total. The molecule has 0 bridgehead atoms. The van der Waals surface area contributed by atoms with Gasteiger partial charge in [0.25, 0.3) is 5.91 Å². The predicted octanol–water partition coefficient (Wildman–Crippen LogP) is 1.38. The normalized spacial score (nSPS) is 22.7. The van der Waals surface area contributed by atoms with E-state index in [0.29, 0.717) is 17.9 Å². The van der Waals surface area contributed by atoms with Gasteiger partial charge in [-0.25, -0.2) is 0 Å². The van der Waals surface area contributed by atoms with Gasteiger partial charge in [0.05, 0.1) is 6.42 Å². The number of hydrogen-bond acceptors (Lipinski definition) is 3. The van der Waals surface area contributed by atoms with Crippen molar-refractivity contribution in [3.63, 3.8) is 0 Å². The van der Waals surface area contributed by atoms with Crippen LogP contribution in [0.15, 0.2) is 18.2 Å². The van der Waals surface area contributed by atoms with Gasteiger partial charge in [-0.1, -0.05) is 6.07 Å². The first-order valence-electron chi connectivity index (χ1n) is 7.52. The molecule has 1 aromatic carbocycles. The van der Waals surface area contributed by atoms with Gasteiger partial charge in [0.15, 0.2) is 0 Å². The van der Waals surface area contributed by atoms with Crippen LogP contribution in [0.3, 0.4) is 0 Å². The molecule has 1 aromatic rings. The topological polar surface area (TPSA) is 75.4 Å². The number of fused-ring (bicyclic) bond motifs is 1. The Labute approximate surface area is 124 Å². The van der Waals surface area contributed by atoms with E-state index < -0.39 is 0 Å². The summed E-state index contributed by atoms with van der Waals surface area (Å²) in [5.41, 5.74) is 8.34. The van der Waals surface area contributed by atoms with Gasteiger partial charge in [0, 0.05) is 30.4 Å². The van der Waals surface area contributed by atoms with Gasteiger partial charge in [0.2, 0.25) is 5.91 Å². The van der Waals surface area contributed by atoms with E-state index in [1.54, 1.807) is 6.07 Å². The molecule has 0 radical (unpaired) electrons. The molecule has 2 aliphatic heterocycles. The number of carbonyl (C=O) groups is 2. The Kier molecular flexibility index (Phi) is 3.68. The van der Waals surface area contributed by atoms with Crippen molar-refractivity contribution in [2.45, 2.75) is 32.2 Å². The number of benzene rings is 1. The molecule has 5 heteroatoms. The number of nitrogens with one attached hydrogen (secondary N) is 1. The van der Waals surface area contributed by atoms with E-state index in [9.17, 15) is 9.59 Å². The fourth-order valence-electron chi connectivity index (χ4n) is 3.15. The molecular formula is C16H21N3O2. The van der Waals surface area contributed by atoms with Crippen LogP contribution in [0.1, 0.15) is 35.7 Å². The summed E-state index contributed by atoms with van der Waals surface area (Å²) in [6, 6.07) is 5.59. The minimum Gasteiger partial charge on any atom is -0.338 e. The van der Waals surface area contributed by atoms with Gasteiger partial charge >= 0.3 is 0 Å². The number of piperidine rings is 1. The molecule has 3 N–H and O–H groups in total. The average molecular weight is 287 g/mol. The lowest BCUT2D eigenvalue weighted by atomic mass is 9.92. The van der Waals surface area contributed by atoms with E-state index in [0.717, 1.165) is 37.2 Å². The number of nitrogens with two attached hydrogens (primary N) is 1. The maximum absolute atomic E-state index is 12.6. The maximum atomic E-state index is 12.6. The third-order valence-corrected chi connectivity index (χ3v) is 4.47. The van der Waals surface area contributed by atoms with Crippen LogP contribution >= 0.6 is 0 Å². The van der Waals surface area contributed by atoms with Gasteiger partial charge in [-0.15, -0.1) is 0 Å². The van der Waals surface area contributed by atoms with E-state index in [-0.39, 0.29) is 17.9 Å². The largest absolute Gasteiger partial charge is 0.338 e. The summed E-state index contributed by atoms with van der Waals surface area (Å²) < 4.78 is 0. The van der Waals surface area contributed by atoms with Crippen LogP contribution in [0.4, 0.5) is 5.69 Å². The number of nitrogens with zero attached hydrogens (tertiary/aromatic N) is 1. The number of hydrogen-bond donors (Lipinski definition) is 2. The predicted molar refractivity (Wildman–Crippen MR) is 81.1 cm³/mol. The maximum Gasteiger partial charge on any atom is 0.253 e. The van der Waals surface area contributed by atoms with Crippen LogP contribution in [0, 0.1) is 5.92 Å². The molecule has 21 heavy (non-hydrogen) atoms. The third-order valence-electron chi connectivity index (χ3n) is 4.47. The number of anilines is 1. The summed E-state index contributed by atoms with van der Waals surface area (Å²) in [7, 11) is 0. The summed E-state index contributed by atoms with van der Waals surface area (Å²) in [6.45, 7) is 3.51. The quantitative estimate of drug-likeness (QED) is 0.863. The fraction of sp³-hybridized carbons (Fsp3) is 0.500. The lowest BCUT2D eigenvalue weighted by Crippen LogP contribution is -2.45. The second kappa shape index (κ2) is 5.48. The summed E-state index contributed by atoms with van der Waals surface area (Å²) in [4.78, 5) is 25.9. The van der Waals surface area contributed by atoms with Gasteiger partial charge in [-0.2, -0.15) is 0 Å². The van der Waals surface area contributed by atoms with Gasteiger partial charge in [0.1, 0.15) is 0 Å². The molecule has 1 saturated heterocycles. The summed E-state index contributed by atoms with van der Waals surface area (Å²) in [5.74, 6) is 0.394. The zero-order valence-electron chi connectivity index (χ0n) is 12.3. The molecule has 0 saturated carbocycles. The van der Waals surface area contributed by atoms with Crippen molar-refractivity contribution in [1.29, 1.82) is 0 Å².